The first-order valence-electron chi connectivity index (χ1n) is 0.289. The fourth-order valence-electron chi connectivity index (χ4n) is 0. The van der Waals surface area contributed by atoms with Crippen molar-refractivity contribution in [2.45, 2.75) is 0 Å². The third-order valence-electron chi connectivity index (χ3n) is 0. The van der Waals surface area contributed by atoms with E-state index in [1.807, 2.05) is 0 Å². The summed E-state index contributed by atoms with van der Waals surface area (Å²) >= 11 is 0. The van der Waals surface area contributed by atoms with Gasteiger partial charge in [0.05, 0.1) is 0 Å². The Morgan fingerprint density at radius 2 is 1.25 bits per heavy atom. The van der Waals surface area contributed by atoms with E-state index in [9.17, 15) is 0 Å². The minimum atomic E-state index is 0. The van der Waals surface area contributed by atoms with Crippen LogP contribution in [-0.4, -0.2) is 10.1 Å². The first-order valence-corrected chi connectivity index (χ1v) is 0.866. The van der Waals surface area contributed by atoms with Crippen molar-refractivity contribution in [3.8, 4) is 0 Å². The summed E-state index contributed by atoms with van der Waals surface area (Å²) in [5.41, 5.74) is 0. The van der Waals surface area contributed by atoms with Gasteiger partial charge in [-0.25, -0.2) is 0 Å². The molecule has 0 rings (SSSR count). The van der Waals surface area contributed by atoms with E-state index in [1.165, 1.54) is 0 Å². The molecule has 4 heteroatoms. The van der Waals surface area contributed by atoms with E-state index in [0.29, 0.717) is 10.1 Å². The molecule has 0 saturated carbocycles. The van der Waals surface area contributed by atoms with Gasteiger partial charge in [0.2, 0.25) is 10.1 Å². The molecule has 1 radical (unpaired) electrons. The van der Waals surface area contributed by atoms with Crippen LogP contribution in [0.25, 0.3) is 0 Å². The van der Waals surface area contributed by atoms with Crippen LogP contribution in [0.1, 0.15) is 0 Å². The van der Waals surface area contributed by atoms with E-state index in [-0.39, 0.29) is 54.4 Å². The zero-order chi connectivity index (χ0) is 2.00. The van der Waals surface area contributed by atoms with Crippen molar-refractivity contribution in [3.05, 3.63) is 0 Å². The standard InChI is InChI=1S/H2OSi.Ti.Y/c1-2;;/h2H2;;. The molecule has 0 amide bonds. The Morgan fingerprint density at radius 1 is 1.25 bits per heavy atom. The van der Waals surface area contributed by atoms with Crippen molar-refractivity contribution >= 4 is 10.1 Å². The summed E-state index contributed by atoms with van der Waals surface area (Å²) in [6.45, 7) is 0. The van der Waals surface area contributed by atoms with Crippen LogP contribution in [0.2, 0.25) is 0 Å². The molecule has 4 heavy (non-hydrogen) atoms. The van der Waals surface area contributed by atoms with Crippen molar-refractivity contribution in [2.24, 2.45) is 0 Å². The second kappa shape index (κ2) is 21.1. The van der Waals surface area contributed by atoms with Gasteiger partial charge in [-0.1, -0.05) is 0 Å². The Labute approximate surface area is 68.2 Å². The topological polar surface area (TPSA) is 17.1 Å². The summed E-state index contributed by atoms with van der Waals surface area (Å²) in [4.78, 5) is 0. The van der Waals surface area contributed by atoms with Crippen molar-refractivity contribution in [3.63, 3.8) is 0 Å². The van der Waals surface area contributed by atoms with Crippen LogP contribution in [0.3, 0.4) is 0 Å². The Hall–Kier alpha value is 1.84. The second-order valence-electron chi connectivity index (χ2n) is 0. The van der Waals surface area contributed by atoms with E-state index in [4.69, 9.17) is 4.46 Å². The van der Waals surface area contributed by atoms with Crippen LogP contribution < -0.4 is 0 Å². The molecule has 0 unspecified atom stereocenters. The van der Waals surface area contributed by atoms with E-state index in [2.05, 4.69) is 0 Å². The van der Waals surface area contributed by atoms with Crippen LogP contribution >= 0.6 is 0 Å². The van der Waals surface area contributed by atoms with Gasteiger partial charge in [-0.05, 0) is 0 Å². The van der Waals surface area contributed by atoms with Gasteiger partial charge in [0.15, 0.2) is 0 Å². The van der Waals surface area contributed by atoms with Gasteiger partial charge >= 0.3 is 0 Å². The quantitative estimate of drug-likeness (QED) is 0.438. The molecule has 1 nitrogen and oxygen atoms in total. The number of rotatable bonds is 0. The number of hydrogen-bond acceptors (Lipinski definition) is 1. The molecule has 0 aliphatic rings. The monoisotopic (exact) mass is 183 g/mol. The zero-order valence-electron chi connectivity index (χ0n) is 2.19. The Balaban J connectivity index is -0.00000000500. The maximum absolute atomic E-state index is 8.28. The van der Waals surface area contributed by atoms with Crippen molar-refractivity contribution in [1.82, 2.24) is 0 Å². The SMILES string of the molecule is O=[SiH2].[Ti].[Y]. The summed E-state index contributed by atoms with van der Waals surface area (Å²) < 4.78 is 8.28. The molecule has 0 aromatic carbocycles. The molecule has 0 aliphatic heterocycles. The van der Waals surface area contributed by atoms with Crippen LogP contribution in [0.15, 0.2) is 0 Å². The summed E-state index contributed by atoms with van der Waals surface area (Å²) in [6.07, 6.45) is 0. The summed E-state index contributed by atoms with van der Waals surface area (Å²) in [5, 5.41) is 0. The Bertz CT molecular complexity index is 8.00. The van der Waals surface area contributed by atoms with Crippen molar-refractivity contribution in [1.29, 1.82) is 0 Å². The molecule has 0 atom stereocenters. The first-order chi connectivity index (χ1) is 1.00. The van der Waals surface area contributed by atoms with Crippen molar-refractivity contribution in [2.75, 3.05) is 0 Å². The molecule has 0 spiro atoms. The second-order valence-corrected chi connectivity index (χ2v) is 0. The van der Waals surface area contributed by atoms with E-state index >= 15 is 0 Å². The van der Waals surface area contributed by atoms with E-state index in [0.717, 1.165) is 0 Å². The molecule has 0 fully saturated rings. The third-order valence-corrected chi connectivity index (χ3v) is 0. The van der Waals surface area contributed by atoms with Gasteiger partial charge in [-0.15, -0.1) is 0 Å². The minimum absolute atomic E-state index is 0. The Kier molecular flexibility index (Phi) is 89.6. The molecule has 0 saturated heterocycles. The summed E-state index contributed by atoms with van der Waals surface area (Å²) in [6, 6.07) is 0. The fraction of sp³-hybridized carbons (Fsp3) is 0. The van der Waals surface area contributed by atoms with E-state index in [1.54, 1.807) is 0 Å². The van der Waals surface area contributed by atoms with Gasteiger partial charge in [-0.2, -0.15) is 0 Å². The first kappa shape index (κ1) is 17.0. The fourth-order valence-corrected chi connectivity index (χ4v) is 0. The smallest absolute Gasteiger partial charge is 0.245 e. The van der Waals surface area contributed by atoms with E-state index < -0.39 is 0 Å². The van der Waals surface area contributed by atoms with Crippen LogP contribution in [0.5, 0.6) is 0 Å². The molecule has 0 bridgehead atoms. The third kappa shape index (κ3) is 9.15. The molecule has 0 heterocycles. The zero-order valence-corrected chi connectivity index (χ0v) is 8.01. The van der Waals surface area contributed by atoms with Crippen LogP contribution in [0, 0.1) is 0 Å². The molecule has 0 N–H and O–H groups in total. The number of hydrogen-bond donors (Lipinski definition) is 0. The molecular weight excluding hydrogens is 181 g/mol. The largest absolute Gasteiger partial charge is 0.396 e. The predicted octanol–water partition coefficient (Wildman–Crippen LogP) is -1.04. The summed E-state index contributed by atoms with van der Waals surface area (Å²) in [5.74, 6) is 0. The van der Waals surface area contributed by atoms with Gasteiger partial charge in [-0.3, -0.25) is 0 Å². The molecule has 0 aromatic heterocycles. The van der Waals surface area contributed by atoms with Gasteiger partial charge < -0.3 is 4.46 Å². The average Bonchev–Trinajstić information content (AvgIpc) is 1.00. The molecule has 19 valence electrons. The molecule has 0 aliphatic carbocycles. The minimum Gasteiger partial charge on any atom is -0.396 e. The molecular formula is H2OSiTiY. The normalized spacial score (nSPS) is 1.00. The summed E-state index contributed by atoms with van der Waals surface area (Å²) in [7, 11) is 0.611. The maximum atomic E-state index is 8.28. The van der Waals surface area contributed by atoms with Crippen molar-refractivity contribution < 1.29 is 58.9 Å². The maximum Gasteiger partial charge on any atom is 0.245 e. The average molecular weight is 183 g/mol. The van der Waals surface area contributed by atoms with Gasteiger partial charge in [0.25, 0.3) is 0 Å². The van der Waals surface area contributed by atoms with Gasteiger partial charge in [0.1, 0.15) is 0 Å². The van der Waals surface area contributed by atoms with Crippen LogP contribution in [0.4, 0.5) is 0 Å². The molecule has 0 aromatic rings. The van der Waals surface area contributed by atoms with Gasteiger partial charge in [0, 0.05) is 54.4 Å². The predicted molar refractivity (Wildman–Crippen MR) is 9.23 cm³/mol. The van der Waals surface area contributed by atoms with Crippen LogP contribution in [-0.2, 0) is 58.9 Å². The Morgan fingerprint density at radius 3 is 1.25 bits per heavy atom.